The molecule has 10 heteroatoms. The number of morpholine rings is 1. The normalized spacial score (nSPS) is 16.7. The molecule has 1 aromatic heterocycles. The average molecular weight is 563 g/mol. The topological polar surface area (TPSA) is 103 Å². The molecule has 0 spiro atoms. The number of anilines is 2. The van der Waals surface area contributed by atoms with Crippen LogP contribution in [0, 0.1) is 0 Å². The van der Waals surface area contributed by atoms with Crippen molar-refractivity contribution in [2.24, 2.45) is 0 Å². The zero-order chi connectivity index (χ0) is 28.8. The Kier molecular flexibility index (Phi) is 8.80. The van der Waals surface area contributed by atoms with Crippen molar-refractivity contribution in [1.29, 1.82) is 0 Å². The van der Waals surface area contributed by atoms with Gasteiger partial charge in [0.2, 0.25) is 5.88 Å². The molecule has 0 bridgehead atoms. The molecule has 1 fully saturated rings. The molecule has 0 saturated carbocycles. The molecule has 1 saturated heterocycles. The van der Waals surface area contributed by atoms with Crippen LogP contribution in [0.5, 0.6) is 17.4 Å². The Hall–Kier alpha value is -4.02. The number of hydrogen-bond acceptors (Lipinski definition) is 9. The Morgan fingerprint density at radius 2 is 1.85 bits per heavy atom. The number of para-hydroxylation sites is 1. The van der Waals surface area contributed by atoms with E-state index in [0.717, 1.165) is 33.9 Å². The molecule has 0 aliphatic carbocycles. The molecule has 2 aliphatic heterocycles. The number of rotatable bonds is 8. The number of methoxy groups -OCH3 is 1. The van der Waals surface area contributed by atoms with Gasteiger partial charge >= 0.3 is 6.09 Å². The van der Waals surface area contributed by atoms with Gasteiger partial charge in [-0.25, -0.2) is 9.78 Å². The van der Waals surface area contributed by atoms with Crippen molar-refractivity contribution in [3.05, 3.63) is 60.2 Å². The van der Waals surface area contributed by atoms with Gasteiger partial charge in [-0.2, -0.15) is 0 Å². The van der Waals surface area contributed by atoms with Gasteiger partial charge in [-0.15, -0.1) is 0 Å². The largest absolute Gasteiger partial charge is 0.486 e. The fourth-order valence-electron chi connectivity index (χ4n) is 4.75. The molecule has 1 unspecified atom stereocenters. The molecule has 3 aromatic rings. The highest BCUT2D eigenvalue weighted by Crippen LogP contribution is 2.40. The lowest BCUT2D eigenvalue weighted by Crippen LogP contribution is -2.54. The Balaban J connectivity index is 1.18. The van der Waals surface area contributed by atoms with Crippen molar-refractivity contribution in [1.82, 2.24) is 15.2 Å². The van der Waals surface area contributed by atoms with Gasteiger partial charge in [0.05, 0.1) is 32.1 Å². The van der Waals surface area contributed by atoms with Crippen molar-refractivity contribution in [3.63, 3.8) is 0 Å². The van der Waals surface area contributed by atoms with E-state index in [1.54, 1.807) is 12.0 Å². The van der Waals surface area contributed by atoms with Crippen molar-refractivity contribution in [3.8, 4) is 28.6 Å². The molecule has 3 heterocycles. The number of carbonyl (C=O) groups excluding carboxylic acids is 1. The van der Waals surface area contributed by atoms with Gasteiger partial charge in [-0.1, -0.05) is 18.2 Å². The maximum atomic E-state index is 12.6. The van der Waals surface area contributed by atoms with Crippen LogP contribution in [0.1, 0.15) is 26.3 Å². The first kappa shape index (κ1) is 28.5. The number of amides is 1. The molecule has 2 N–H and O–H groups in total. The van der Waals surface area contributed by atoms with E-state index >= 15 is 0 Å². The minimum absolute atomic E-state index is 0.0806. The van der Waals surface area contributed by atoms with Crippen LogP contribution in [0.3, 0.4) is 0 Å². The molecule has 2 aliphatic rings. The van der Waals surface area contributed by atoms with Crippen LogP contribution >= 0.6 is 0 Å². The number of nitrogens with zero attached hydrogens (tertiary/aromatic N) is 2. The summed E-state index contributed by atoms with van der Waals surface area (Å²) in [6.45, 7) is 9.46. The van der Waals surface area contributed by atoms with Gasteiger partial charge in [0.15, 0.2) is 11.5 Å². The lowest BCUT2D eigenvalue weighted by Gasteiger charge is -2.36. The SMILES string of the molecule is COc1nc(-c2cccc3c2OCCO3)ccc1Nc1ccc(CNCC2COCCN2C(=O)OC(C)(C)C)cc1. The molecule has 1 amide bonds. The summed E-state index contributed by atoms with van der Waals surface area (Å²) in [5, 5.41) is 6.85. The summed E-state index contributed by atoms with van der Waals surface area (Å²) in [7, 11) is 1.60. The van der Waals surface area contributed by atoms with Gasteiger partial charge < -0.3 is 34.3 Å². The summed E-state index contributed by atoms with van der Waals surface area (Å²) in [4.78, 5) is 19.1. The summed E-state index contributed by atoms with van der Waals surface area (Å²) in [6, 6.07) is 17.7. The van der Waals surface area contributed by atoms with Gasteiger partial charge in [0, 0.05) is 30.9 Å². The number of hydrogen-bond donors (Lipinski definition) is 2. The lowest BCUT2D eigenvalue weighted by atomic mass is 10.1. The van der Waals surface area contributed by atoms with Crippen LogP contribution in [0.15, 0.2) is 54.6 Å². The number of carbonyl (C=O) groups is 1. The van der Waals surface area contributed by atoms with Crippen molar-refractivity contribution in [2.45, 2.75) is 39.0 Å². The standard InChI is InChI=1S/C31H38N4O6/c1-31(2,3)41-30(36)35-14-15-38-20-23(35)19-32-18-21-8-10-22(11-9-21)33-26-13-12-25(34-29(26)37-4)24-6-5-7-27-28(24)40-17-16-39-27/h5-13,23,32-33H,14-20H2,1-4H3. The van der Waals surface area contributed by atoms with E-state index < -0.39 is 5.60 Å². The third-order valence-electron chi connectivity index (χ3n) is 6.69. The number of fused-ring (bicyclic) bond motifs is 1. The highest BCUT2D eigenvalue weighted by atomic mass is 16.6. The van der Waals surface area contributed by atoms with Crippen LogP contribution in [0.25, 0.3) is 11.3 Å². The fraction of sp³-hybridized carbons (Fsp3) is 0.419. The van der Waals surface area contributed by atoms with E-state index in [1.807, 2.05) is 63.2 Å². The predicted octanol–water partition coefficient (Wildman–Crippen LogP) is 5.00. The maximum absolute atomic E-state index is 12.6. The molecule has 41 heavy (non-hydrogen) atoms. The van der Waals surface area contributed by atoms with Gasteiger partial charge in [-0.3, -0.25) is 4.90 Å². The predicted molar refractivity (Wildman–Crippen MR) is 156 cm³/mol. The van der Waals surface area contributed by atoms with E-state index in [-0.39, 0.29) is 12.1 Å². The highest BCUT2D eigenvalue weighted by molar-refractivity contribution is 5.75. The van der Waals surface area contributed by atoms with Crippen molar-refractivity contribution >= 4 is 17.5 Å². The molecule has 1 atom stereocenters. The molecule has 10 nitrogen and oxygen atoms in total. The first-order valence-corrected chi connectivity index (χ1v) is 13.9. The van der Waals surface area contributed by atoms with Crippen molar-refractivity contribution in [2.75, 3.05) is 51.9 Å². The van der Waals surface area contributed by atoms with Gasteiger partial charge in [0.1, 0.15) is 24.5 Å². The average Bonchev–Trinajstić information content (AvgIpc) is 2.97. The van der Waals surface area contributed by atoms with Crippen LogP contribution in [-0.2, 0) is 16.0 Å². The molecule has 2 aromatic carbocycles. The van der Waals surface area contributed by atoms with Gasteiger partial charge in [-0.05, 0) is 62.7 Å². The summed E-state index contributed by atoms with van der Waals surface area (Å²) in [6.07, 6.45) is -0.300. The van der Waals surface area contributed by atoms with Crippen molar-refractivity contribution < 1.29 is 28.5 Å². The summed E-state index contributed by atoms with van der Waals surface area (Å²) in [5.41, 5.74) is 3.85. The second-order valence-electron chi connectivity index (χ2n) is 10.9. The number of nitrogens with one attached hydrogen (secondary N) is 2. The molecule has 0 radical (unpaired) electrons. The van der Waals surface area contributed by atoms with E-state index in [1.165, 1.54) is 0 Å². The lowest BCUT2D eigenvalue weighted by molar-refractivity contribution is -0.0317. The third kappa shape index (κ3) is 7.20. The summed E-state index contributed by atoms with van der Waals surface area (Å²) >= 11 is 0. The maximum Gasteiger partial charge on any atom is 0.410 e. The Morgan fingerprint density at radius 3 is 2.63 bits per heavy atom. The third-order valence-corrected chi connectivity index (χ3v) is 6.69. The monoisotopic (exact) mass is 562 g/mol. The second-order valence-corrected chi connectivity index (χ2v) is 10.9. The second kappa shape index (κ2) is 12.7. The molecular formula is C31H38N4O6. The fourth-order valence-corrected chi connectivity index (χ4v) is 4.75. The molecule has 5 rings (SSSR count). The first-order chi connectivity index (χ1) is 19.8. The number of aromatic nitrogens is 1. The Bertz CT molecular complexity index is 1340. The van der Waals surface area contributed by atoms with Crippen LogP contribution in [-0.4, -0.2) is 74.2 Å². The zero-order valence-electron chi connectivity index (χ0n) is 24.1. The Labute approximate surface area is 240 Å². The number of benzene rings is 2. The quantitative estimate of drug-likeness (QED) is 0.393. The van der Waals surface area contributed by atoms with Crippen LogP contribution in [0.4, 0.5) is 16.2 Å². The number of pyridine rings is 1. The van der Waals surface area contributed by atoms with E-state index in [4.69, 9.17) is 28.7 Å². The zero-order valence-corrected chi connectivity index (χ0v) is 24.1. The summed E-state index contributed by atoms with van der Waals surface area (Å²) < 4.78 is 28.4. The van der Waals surface area contributed by atoms with E-state index in [2.05, 4.69) is 22.8 Å². The van der Waals surface area contributed by atoms with Gasteiger partial charge in [0.25, 0.3) is 0 Å². The van der Waals surface area contributed by atoms with Crippen LogP contribution < -0.4 is 24.8 Å². The van der Waals surface area contributed by atoms with Crippen LogP contribution in [0.2, 0.25) is 0 Å². The molecular weight excluding hydrogens is 524 g/mol. The minimum Gasteiger partial charge on any atom is -0.486 e. The minimum atomic E-state index is -0.531. The smallest absolute Gasteiger partial charge is 0.410 e. The van der Waals surface area contributed by atoms with E-state index in [0.29, 0.717) is 57.7 Å². The number of ether oxygens (including phenoxy) is 5. The van der Waals surface area contributed by atoms with E-state index in [9.17, 15) is 4.79 Å². The Morgan fingerprint density at radius 1 is 1.05 bits per heavy atom. The molecule has 218 valence electrons. The first-order valence-electron chi connectivity index (χ1n) is 13.9. The summed E-state index contributed by atoms with van der Waals surface area (Å²) in [5.74, 6) is 1.90. The highest BCUT2D eigenvalue weighted by Gasteiger charge is 2.30.